The van der Waals surface area contributed by atoms with E-state index >= 15 is 0 Å². The van der Waals surface area contributed by atoms with Crippen molar-refractivity contribution in [3.63, 3.8) is 0 Å². The molecule has 8 heteroatoms. The summed E-state index contributed by atoms with van der Waals surface area (Å²) in [4.78, 5) is 16.1. The Labute approximate surface area is 111 Å². The summed E-state index contributed by atoms with van der Waals surface area (Å²) in [5, 5.41) is 9.63. The molecule has 0 saturated heterocycles. The van der Waals surface area contributed by atoms with Crippen LogP contribution in [0.2, 0.25) is 0 Å². The Morgan fingerprint density at radius 1 is 1.53 bits per heavy atom. The third-order valence-electron chi connectivity index (χ3n) is 2.79. The Kier molecular flexibility index (Phi) is 4.10. The Morgan fingerprint density at radius 3 is 2.89 bits per heavy atom. The Bertz CT molecular complexity index is 472. The molecule has 106 valence electrons. The highest BCUT2D eigenvalue weighted by molar-refractivity contribution is 7.11. The molecule has 2 rings (SSSR count). The van der Waals surface area contributed by atoms with Crippen LogP contribution in [-0.4, -0.2) is 35.4 Å². The second kappa shape index (κ2) is 5.46. The van der Waals surface area contributed by atoms with Gasteiger partial charge in [0, 0.05) is 11.3 Å². The van der Waals surface area contributed by atoms with E-state index in [4.69, 9.17) is 5.11 Å². The lowest BCUT2D eigenvalue weighted by atomic mass is 10.1. The average Bonchev–Trinajstić information content (AvgIpc) is 2.81. The monoisotopic (exact) mass is 295 g/mol. The molecule has 0 aromatic carbocycles. The highest BCUT2D eigenvalue weighted by Gasteiger charge is 2.32. The number of hydrogen-bond acceptors (Lipinski definition) is 4. The number of hydrogen-bond donors (Lipinski definition) is 1. The molecule has 1 aliphatic rings. The molecule has 0 spiro atoms. The van der Waals surface area contributed by atoms with Gasteiger partial charge in [-0.25, -0.2) is 4.98 Å². The van der Waals surface area contributed by atoms with Crippen LogP contribution in [0.4, 0.5) is 13.2 Å². The largest absolute Gasteiger partial charge is 0.481 e. The zero-order chi connectivity index (χ0) is 14.0. The van der Waals surface area contributed by atoms with E-state index in [1.165, 1.54) is 11.3 Å². The van der Waals surface area contributed by atoms with Crippen molar-refractivity contribution < 1.29 is 27.8 Å². The minimum Gasteiger partial charge on any atom is -0.481 e. The van der Waals surface area contributed by atoms with Crippen molar-refractivity contribution in [2.45, 2.75) is 31.4 Å². The Hall–Kier alpha value is -1.15. The number of fused-ring (bicyclic) bond motifs is 1. The summed E-state index contributed by atoms with van der Waals surface area (Å²) in [7, 11) is 0. The molecule has 0 radical (unpaired) electrons. The van der Waals surface area contributed by atoms with Gasteiger partial charge in [0.1, 0.15) is 12.5 Å². The third kappa shape index (κ3) is 3.66. The second-order valence-electron chi connectivity index (χ2n) is 4.26. The van der Waals surface area contributed by atoms with Crippen molar-refractivity contribution in [2.75, 3.05) is 13.2 Å². The molecule has 1 unspecified atom stereocenters. The summed E-state index contributed by atoms with van der Waals surface area (Å²) in [5.41, 5.74) is 0.573. The van der Waals surface area contributed by atoms with Gasteiger partial charge in [0.15, 0.2) is 0 Å². The van der Waals surface area contributed by atoms with Crippen LogP contribution >= 0.6 is 11.3 Å². The number of thiazole rings is 1. The molecule has 0 saturated carbocycles. The number of carbonyl (C=O) groups is 1. The lowest BCUT2D eigenvalue weighted by Gasteiger charge is -2.06. The van der Waals surface area contributed by atoms with Crippen LogP contribution in [0.1, 0.15) is 27.9 Å². The number of aryl methyl sites for hydroxylation is 1. The minimum absolute atomic E-state index is 0.0658. The van der Waals surface area contributed by atoms with E-state index in [1.54, 1.807) is 0 Å². The molecular formula is C11H12F3NO3S. The van der Waals surface area contributed by atoms with Gasteiger partial charge >= 0.3 is 12.1 Å². The van der Waals surface area contributed by atoms with E-state index in [1.807, 2.05) is 0 Å². The standard InChI is InChI=1S/C11H12F3NO3S/c12-11(13,14)5-18-4-3-8-15-9-6(10(16)17)1-2-7(9)19-8/h6H,1-5H2,(H,16,17). The van der Waals surface area contributed by atoms with Crippen LogP contribution in [-0.2, 0) is 22.4 Å². The van der Waals surface area contributed by atoms with Crippen molar-refractivity contribution in [2.24, 2.45) is 0 Å². The predicted molar refractivity (Wildman–Crippen MR) is 61.4 cm³/mol. The number of ether oxygens (including phenoxy) is 1. The number of aromatic nitrogens is 1. The van der Waals surface area contributed by atoms with Gasteiger partial charge in [-0.1, -0.05) is 0 Å². The maximum absolute atomic E-state index is 11.9. The van der Waals surface area contributed by atoms with Crippen LogP contribution in [0, 0.1) is 0 Å². The first-order valence-electron chi connectivity index (χ1n) is 5.72. The van der Waals surface area contributed by atoms with E-state index in [2.05, 4.69) is 9.72 Å². The second-order valence-corrected chi connectivity index (χ2v) is 5.43. The number of rotatable bonds is 5. The van der Waals surface area contributed by atoms with E-state index < -0.39 is 24.7 Å². The fourth-order valence-corrected chi connectivity index (χ4v) is 3.10. The fourth-order valence-electron chi connectivity index (χ4n) is 1.97. The number of carboxylic acids is 1. The van der Waals surface area contributed by atoms with Gasteiger partial charge in [0.25, 0.3) is 0 Å². The van der Waals surface area contributed by atoms with Gasteiger partial charge in [0.2, 0.25) is 0 Å². The van der Waals surface area contributed by atoms with Crippen molar-refractivity contribution in [1.82, 2.24) is 4.98 Å². The van der Waals surface area contributed by atoms with Crippen LogP contribution < -0.4 is 0 Å². The summed E-state index contributed by atoms with van der Waals surface area (Å²) in [6, 6.07) is 0. The van der Waals surface area contributed by atoms with Crippen LogP contribution in [0.25, 0.3) is 0 Å². The summed E-state index contributed by atoms with van der Waals surface area (Å²) in [6.07, 6.45) is -2.82. The van der Waals surface area contributed by atoms with Crippen molar-refractivity contribution >= 4 is 17.3 Å². The molecule has 4 nitrogen and oxygen atoms in total. The average molecular weight is 295 g/mol. The number of aliphatic carboxylic acids is 1. The van der Waals surface area contributed by atoms with E-state index in [9.17, 15) is 18.0 Å². The van der Waals surface area contributed by atoms with Gasteiger partial charge in [-0.2, -0.15) is 13.2 Å². The third-order valence-corrected chi connectivity index (χ3v) is 3.98. The molecule has 0 fully saturated rings. The fraction of sp³-hybridized carbons (Fsp3) is 0.636. The van der Waals surface area contributed by atoms with E-state index in [0.29, 0.717) is 23.5 Å². The molecule has 1 aliphatic carbocycles. The van der Waals surface area contributed by atoms with Gasteiger partial charge in [-0.15, -0.1) is 11.3 Å². The summed E-state index contributed by atoms with van der Waals surface area (Å²) < 4.78 is 40.1. The summed E-state index contributed by atoms with van der Waals surface area (Å²) >= 11 is 1.37. The molecule has 1 N–H and O–H groups in total. The van der Waals surface area contributed by atoms with Gasteiger partial charge in [-0.05, 0) is 12.8 Å². The molecule has 0 bridgehead atoms. The maximum Gasteiger partial charge on any atom is 0.411 e. The first-order valence-corrected chi connectivity index (χ1v) is 6.54. The number of carboxylic acid groups (broad SMARTS) is 1. The van der Waals surface area contributed by atoms with Crippen LogP contribution in [0.3, 0.4) is 0 Å². The normalized spacial score (nSPS) is 18.6. The van der Waals surface area contributed by atoms with Crippen LogP contribution in [0.5, 0.6) is 0 Å². The molecule has 1 aromatic heterocycles. The maximum atomic E-state index is 11.9. The zero-order valence-electron chi connectivity index (χ0n) is 9.87. The van der Waals surface area contributed by atoms with Crippen molar-refractivity contribution in [3.8, 4) is 0 Å². The first kappa shape index (κ1) is 14.3. The SMILES string of the molecule is O=C(O)C1CCc2sc(CCOCC(F)(F)F)nc21. The smallest absolute Gasteiger partial charge is 0.411 e. The predicted octanol–water partition coefficient (Wildman–Crippen LogP) is 2.38. The lowest BCUT2D eigenvalue weighted by molar-refractivity contribution is -0.173. The van der Waals surface area contributed by atoms with E-state index in [-0.39, 0.29) is 13.0 Å². The van der Waals surface area contributed by atoms with Crippen molar-refractivity contribution in [3.05, 3.63) is 15.6 Å². The molecule has 1 atom stereocenters. The van der Waals surface area contributed by atoms with Gasteiger partial charge < -0.3 is 9.84 Å². The zero-order valence-corrected chi connectivity index (χ0v) is 10.7. The molecule has 1 heterocycles. The molecule has 1 aromatic rings. The molecular weight excluding hydrogens is 283 g/mol. The van der Waals surface area contributed by atoms with Crippen molar-refractivity contribution in [1.29, 1.82) is 0 Å². The highest BCUT2D eigenvalue weighted by atomic mass is 32.1. The number of nitrogens with zero attached hydrogens (tertiary/aromatic N) is 1. The number of halogens is 3. The van der Waals surface area contributed by atoms with E-state index in [0.717, 1.165) is 4.88 Å². The summed E-state index contributed by atoms with van der Waals surface area (Å²) in [5.74, 6) is -1.47. The molecule has 0 aliphatic heterocycles. The quantitative estimate of drug-likeness (QED) is 0.847. The minimum atomic E-state index is -4.32. The molecule has 19 heavy (non-hydrogen) atoms. The summed E-state index contributed by atoms with van der Waals surface area (Å²) in [6.45, 7) is -1.33. The Morgan fingerprint density at radius 2 is 2.26 bits per heavy atom. The topological polar surface area (TPSA) is 59.4 Å². The lowest BCUT2D eigenvalue weighted by Crippen LogP contribution is -2.18. The Balaban J connectivity index is 1.87. The van der Waals surface area contributed by atoms with Gasteiger partial charge in [-0.3, -0.25) is 4.79 Å². The number of alkyl halides is 3. The first-order chi connectivity index (χ1) is 8.87. The van der Waals surface area contributed by atoms with Gasteiger partial charge in [0.05, 0.1) is 17.3 Å². The molecule has 0 amide bonds. The highest BCUT2D eigenvalue weighted by Crippen LogP contribution is 2.36. The van der Waals surface area contributed by atoms with Crippen LogP contribution in [0.15, 0.2) is 0 Å².